The van der Waals surface area contributed by atoms with Gasteiger partial charge in [0.1, 0.15) is 16.7 Å². The lowest BCUT2D eigenvalue weighted by Crippen LogP contribution is -2.50. The number of hydrogen-bond acceptors (Lipinski definition) is 5. The smallest absolute Gasteiger partial charge is 0.247 e. The van der Waals surface area contributed by atoms with E-state index >= 15 is 0 Å². The second kappa shape index (κ2) is 10.2. The summed E-state index contributed by atoms with van der Waals surface area (Å²) in [5.41, 5.74) is 2.92. The van der Waals surface area contributed by atoms with Gasteiger partial charge < -0.3 is 14.7 Å². The molecule has 7 nitrogen and oxygen atoms in total. The standard InChI is InChI=1S/C25H34N2O5S/c1-6-25(29)26(5)15-23-18(3)14-27(19(4)16-28)33(30,31)24-12-11-20(13-22(24)32-23)21-10-8-7-9-17(21)2/h7-13,18-19,23,28H,6,14-16H2,1-5H3/t18-,19+,23+/m0/s1. The average molecular weight is 475 g/mol. The van der Waals surface area contributed by atoms with Crippen LogP contribution in [-0.2, 0) is 14.8 Å². The van der Waals surface area contributed by atoms with Gasteiger partial charge in [0.05, 0.1) is 13.2 Å². The second-order valence-corrected chi connectivity index (χ2v) is 10.7. The Kier molecular flexibility index (Phi) is 7.82. The first kappa shape index (κ1) is 25.2. The molecule has 2 aromatic rings. The van der Waals surface area contributed by atoms with E-state index in [9.17, 15) is 18.3 Å². The summed E-state index contributed by atoms with van der Waals surface area (Å²) in [4.78, 5) is 13.9. The third kappa shape index (κ3) is 5.23. The van der Waals surface area contributed by atoms with Crippen molar-refractivity contribution in [2.24, 2.45) is 5.92 Å². The van der Waals surface area contributed by atoms with Crippen molar-refractivity contribution in [1.82, 2.24) is 9.21 Å². The number of aliphatic hydroxyl groups is 1. The minimum absolute atomic E-state index is 0.00468. The van der Waals surface area contributed by atoms with E-state index in [2.05, 4.69) is 0 Å². The number of sulfonamides is 1. The number of carbonyl (C=O) groups excluding carboxylic acids is 1. The number of amides is 1. The highest BCUT2D eigenvalue weighted by Gasteiger charge is 2.38. The molecule has 0 saturated heterocycles. The van der Waals surface area contributed by atoms with Crippen LogP contribution in [0.1, 0.15) is 32.8 Å². The van der Waals surface area contributed by atoms with Crippen LogP contribution in [0.3, 0.4) is 0 Å². The average Bonchev–Trinajstić information content (AvgIpc) is 2.80. The minimum atomic E-state index is -3.90. The monoisotopic (exact) mass is 474 g/mol. The van der Waals surface area contributed by atoms with Gasteiger partial charge in [-0.3, -0.25) is 4.79 Å². The van der Waals surface area contributed by atoms with Gasteiger partial charge in [-0.1, -0.05) is 44.2 Å². The number of ether oxygens (including phenoxy) is 1. The van der Waals surface area contributed by atoms with Crippen LogP contribution in [0.4, 0.5) is 0 Å². The van der Waals surface area contributed by atoms with E-state index in [0.717, 1.165) is 16.7 Å². The van der Waals surface area contributed by atoms with Crippen LogP contribution in [0.5, 0.6) is 5.75 Å². The van der Waals surface area contributed by atoms with Crippen LogP contribution < -0.4 is 4.74 Å². The molecule has 0 unspecified atom stereocenters. The molecule has 2 aromatic carbocycles. The van der Waals surface area contributed by atoms with Crippen molar-refractivity contribution in [3.8, 4) is 16.9 Å². The van der Waals surface area contributed by atoms with E-state index in [1.165, 1.54) is 4.31 Å². The van der Waals surface area contributed by atoms with Crippen LogP contribution >= 0.6 is 0 Å². The zero-order chi connectivity index (χ0) is 24.3. The van der Waals surface area contributed by atoms with Gasteiger partial charge in [0.25, 0.3) is 0 Å². The van der Waals surface area contributed by atoms with Gasteiger partial charge in [-0.25, -0.2) is 8.42 Å². The normalized spacial score (nSPS) is 21.3. The van der Waals surface area contributed by atoms with Crippen LogP contribution in [0, 0.1) is 12.8 Å². The highest BCUT2D eigenvalue weighted by Crippen LogP contribution is 2.37. The topological polar surface area (TPSA) is 87.2 Å². The largest absolute Gasteiger partial charge is 0.487 e. The summed E-state index contributed by atoms with van der Waals surface area (Å²) in [6.07, 6.45) is -0.0338. The van der Waals surface area contributed by atoms with Crippen LogP contribution in [0.2, 0.25) is 0 Å². The summed E-state index contributed by atoms with van der Waals surface area (Å²) >= 11 is 0. The first-order chi connectivity index (χ1) is 15.6. The van der Waals surface area contributed by atoms with Crippen molar-refractivity contribution >= 4 is 15.9 Å². The molecule has 0 aromatic heterocycles. The van der Waals surface area contributed by atoms with Gasteiger partial charge >= 0.3 is 0 Å². The molecule has 0 aliphatic carbocycles. The Morgan fingerprint density at radius 3 is 2.61 bits per heavy atom. The molecule has 8 heteroatoms. The second-order valence-electron chi connectivity index (χ2n) is 8.84. The predicted octanol–water partition coefficient (Wildman–Crippen LogP) is 3.30. The molecule has 0 spiro atoms. The van der Waals surface area contributed by atoms with Crippen molar-refractivity contribution in [2.45, 2.75) is 51.2 Å². The van der Waals surface area contributed by atoms with E-state index in [4.69, 9.17) is 4.74 Å². The molecule has 0 bridgehead atoms. The number of rotatable bonds is 6. The molecule has 1 aliphatic rings. The maximum Gasteiger partial charge on any atom is 0.247 e. The molecule has 1 N–H and O–H groups in total. The zero-order valence-electron chi connectivity index (χ0n) is 20.0. The summed E-state index contributed by atoms with van der Waals surface area (Å²) in [6, 6.07) is 12.4. The summed E-state index contributed by atoms with van der Waals surface area (Å²) in [5, 5.41) is 9.76. The number of likely N-dealkylation sites (N-methyl/N-ethyl adjacent to an activating group) is 1. The molecule has 3 rings (SSSR count). The first-order valence-electron chi connectivity index (χ1n) is 11.3. The summed E-state index contributed by atoms with van der Waals surface area (Å²) < 4.78 is 34.9. The van der Waals surface area contributed by atoms with Gasteiger partial charge in [-0.2, -0.15) is 4.31 Å². The van der Waals surface area contributed by atoms with Crippen molar-refractivity contribution in [2.75, 3.05) is 26.7 Å². The van der Waals surface area contributed by atoms with Crippen molar-refractivity contribution in [3.05, 3.63) is 48.0 Å². The third-order valence-corrected chi connectivity index (χ3v) is 8.32. The summed E-state index contributed by atoms with van der Waals surface area (Å²) in [7, 11) is -2.17. The summed E-state index contributed by atoms with van der Waals surface area (Å²) in [5.74, 6) is 0.0471. The van der Waals surface area contributed by atoms with Crippen LogP contribution in [0.25, 0.3) is 11.1 Å². The fourth-order valence-electron chi connectivity index (χ4n) is 4.15. The SMILES string of the molecule is CCC(=O)N(C)C[C@H]1Oc2cc(-c3ccccc3C)ccc2S(=O)(=O)N([C@H](C)CO)C[C@@H]1C. The molecule has 1 aliphatic heterocycles. The number of hydrogen-bond donors (Lipinski definition) is 1. The van der Waals surface area contributed by atoms with E-state index in [-0.39, 0.29) is 35.6 Å². The van der Waals surface area contributed by atoms with Crippen LogP contribution in [-0.4, -0.2) is 67.5 Å². The molecule has 180 valence electrons. The lowest BCUT2D eigenvalue weighted by atomic mass is 10.00. The van der Waals surface area contributed by atoms with E-state index in [0.29, 0.717) is 13.0 Å². The van der Waals surface area contributed by atoms with Gasteiger partial charge in [0.2, 0.25) is 15.9 Å². The van der Waals surface area contributed by atoms with Crippen molar-refractivity contribution in [3.63, 3.8) is 0 Å². The van der Waals surface area contributed by atoms with Crippen LogP contribution in [0.15, 0.2) is 47.4 Å². The summed E-state index contributed by atoms with van der Waals surface area (Å²) in [6.45, 7) is 7.65. The highest BCUT2D eigenvalue weighted by molar-refractivity contribution is 7.89. The number of aryl methyl sites for hydroxylation is 1. The molecule has 33 heavy (non-hydrogen) atoms. The Morgan fingerprint density at radius 1 is 1.27 bits per heavy atom. The fourth-order valence-corrected chi connectivity index (χ4v) is 5.98. The first-order valence-corrected chi connectivity index (χ1v) is 12.8. The Hall–Kier alpha value is -2.42. The molecule has 0 radical (unpaired) electrons. The minimum Gasteiger partial charge on any atom is -0.487 e. The molecule has 1 amide bonds. The predicted molar refractivity (Wildman–Crippen MR) is 129 cm³/mol. The highest BCUT2D eigenvalue weighted by atomic mass is 32.2. The number of benzene rings is 2. The maximum absolute atomic E-state index is 13.6. The number of fused-ring (bicyclic) bond motifs is 1. The lowest BCUT2D eigenvalue weighted by Gasteiger charge is -2.37. The number of carbonyl (C=O) groups is 1. The number of nitrogens with zero attached hydrogens (tertiary/aromatic N) is 2. The Morgan fingerprint density at radius 2 is 1.97 bits per heavy atom. The molecule has 3 atom stereocenters. The zero-order valence-corrected chi connectivity index (χ0v) is 20.8. The Bertz CT molecular complexity index is 1100. The quantitative estimate of drug-likeness (QED) is 0.694. The Balaban J connectivity index is 2.14. The number of aliphatic hydroxyl groups excluding tert-OH is 1. The van der Waals surface area contributed by atoms with Crippen molar-refractivity contribution in [1.29, 1.82) is 0 Å². The molecule has 0 saturated carbocycles. The maximum atomic E-state index is 13.6. The van der Waals surface area contributed by atoms with Gasteiger partial charge in [-0.05, 0) is 42.7 Å². The molecular weight excluding hydrogens is 440 g/mol. The molecule has 1 heterocycles. The molecule has 0 fully saturated rings. The van der Waals surface area contributed by atoms with Gasteiger partial charge in [0.15, 0.2) is 0 Å². The lowest BCUT2D eigenvalue weighted by molar-refractivity contribution is -0.131. The molecular formula is C25H34N2O5S. The van der Waals surface area contributed by atoms with E-state index in [1.807, 2.05) is 45.0 Å². The Labute approximate surface area is 197 Å². The third-order valence-electron chi connectivity index (χ3n) is 6.31. The van der Waals surface area contributed by atoms with Gasteiger partial charge in [0, 0.05) is 32.0 Å². The fraction of sp³-hybridized carbons (Fsp3) is 0.480. The van der Waals surface area contributed by atoms with Gasteiger partial charge in [-0.15, -0.1) is 0 Å². The van der Waals surface area contributed by atoms with E-state index in [1.54, 1.807) is 37.1 Å². The van der Waals surface area contributed by atoms with Crippen molar-refractivity contribution < 1.29 is 23.1 Å². The van der Waals surface area contributed by atoms with E-state index < -0.39 is 22.2 Å².